The van der Waals surface area contributed by atoms with Gasteiger partial charge >= 0.3 is 12.1 Å². The number of benzene rings is 4. The molecule has 19 nitrogen and oxygen atoms in total. The van der Waals surface area contributed by atoms with Crippen molar-refractivity contribution < 1.29 is 43.3 Å². The number of aliphatic hydroxyl groups excluding tert-OH is 1. The molecule has 4 atom stereocenters. The number of aromatic nitrogens is 3. The number of rotatable bonds is 18. The monoisotopic (exact) mass is 1230 g/mol. The van der Waals surface area contributed by atoms with Crippen molar-refractivity contribution in [3.8, 4) is 33.3 Å². The van der Waals surface area contributed by atoms with Crippen molar-refractivity contribution in [3.05, 3.63) is 94.3 Å². The number of β-amino-alcohol motifs (C(OH)–C–C–N with tert-alkyl or cyclic N) is 1. The van der Waals surface area contributed by atoms with Crippen molar-refractivity contribution in [1.29, 1.82) is 0 Å². The van der Waals surface area contributed by atoms with E-state index in [0.717, 1.165) is 85.7 Å². The number of aliphatic hydroxyl groups is 1. The molecule has 2 aromatic heterocycles. The fourth-order valence-corrected chi connectivity index (χ4v) is 13.5. The number of anilines is 1. The van der Waals surface area contributed by atoms with Crippen LogP contribution in [0.15, 0.2) is 72.2 Å². The maximum Gasteiger partial charge on any atom is 0.410 e. The highest BCUT2D eigenvalue weighted by atomic mass is 35.5. The van der Waals surface area contributed by atoms with Crippen molar-refractivity contribution in [2.75, 3.05) is 103 Å². The highest BCUT2D eigenvalue weighted by Gasteiger charge is 2.46. The maximum absolute atomic E-state index is 17.3. The van der Waals surface area contributed by atoms with Crippen molar-refractivity contribution in [2.45, 2.75) is 111 Å². The first-order valence-corrected chi connectivity index (χ1v) is 31.8. The Morgan fingerprint density at radius 2 is 1.56 bits per heavy atom. The van der Waals surface area contributed by atoms with Gasteiger partial charge in [0.1, 0.15) is 34.8 Å². The van der Waals surface area contributed by atoms with Gasteiger partial charge in [0, 0.05) is 102 Å². The van der Waals surface area contributed by atoms with Crippen LogP contribution in [0.4, 0.5) is 15.0 Å². The van der Waals surface area contributed by atoms with Gasteiger partial charge in [-0.3, -0.25) is 24.2 Å². The summed E-state index contributed by atoms with van der Waals surface area (Å²) in [6.07, 6.45) is 1.21. The van der Waals surface area contributed by atoms with Crippen LogP contribution in [0.3, 0.4) is 0 Å². The number of likely N-dealkylation sites (tertiary alicyclic amines) is 2. The van der Waals surface area contributed by atoms with Crippen LogP contribution in [0, 0.1) is 24.1 Å². The molecule has 0 spiro atoms. The molecule has 4 amide bonds. The van der Waals surface area contributed by atoms with Crippen molar-refractivity contribution >= 4 is 74.2 Å². The number of nitrogens with zero attached hydrogens (tertiary/aromatic N) is 9. The standard InChI is InChI=1S/C65H83ClFN11O8S/c1-40(85-62-71-57-51(59(72-62)76-27-29-77(30-28-76)63(84)86-64(4,5)6)34-52(66)55(56(57)67)50-32-47(79)31-46-11-9-10-12-49(46)50)35-73-21-18-44(19-22-73)36-74-23-25-75(26-24-74)38-54(81)70-42(3)65(7,8)61(83)78-37-48(80)33-53(78)60(82)68-20-17-43-13-15-45(16-14-43)58-41(2)69-39-87-58/h9-16,31-32,34,39-40,42,44,48,53,79-80H,17-30,33,35-38H2,1-8H3,(H,68,82)(H,70,81)/t40-,42+,48-,53+/m1/s1. The minimum atomic E-state index is -1.05. The Kier molecular flexibility index (Phi) is 19.6. The van der Waals surface area contributed by atoms with Crippen LogP contribution in [0.25, 0.3) is 43.2 Å². The summed E-state index contributed by atoms with van der Waals surface area (Å²) >= 11 is 8.60. The van der Waals surface area contributed by atoms with Gasteiger partial charge in [-0.15, -0.1) is 11.3 Å². The Hall–Kier alpha value is -6.75. The zero-order valence-corrected chi connectivity index (χ0v) is 52.9. The fraction of sp³-hybridized carbons (Fsp3) is 0.523. The smallest absolute Gasteiger partial charge is 0.410 e. The molecule has 0 bridgehead atoms. The summed E-state index contributed by atoms with van der Waals surface area (Å²) in [4.78, 5) is 81.5. The minimum Gasteiger partial charge on any atom is -0.508 e. The zero-order chi connectivity index (χ0) is 61.9. The number of nitrogens with one attached hydrogen (secondary N) is 2. The van der Waals surface area contributed by atoms with Gasteiger partial charge in [-0.2, -0.15) is 9.97 Å². The number of carbonyl (C=O) groups excluding carboxylic acids is 4. The lowest BCUT2D eigenvalue weighted by molar-refractivity contribution is -0.147. The number of hydrogen-bond acceptors (Lipinski definition) is 16. The summed E-state index contributed by atoms with van der Waals surface area (Å²) < 4.78 is 29.5. The number of halogens is 2. The number of phenols is 1. The SMILES string of the molecule is Cc1ncsc1-c1ccc(CCNC(=O)[C@@H]2C[C@@H](O)CN2C(=O)C(C)(C)[C@H](C)NC(=O)CN2CCN(CC3CCN(C[C@@H](C)Oc4nc(N5CCN(C(=O)OC(C)(C)C)CC5)c5cc(Cl)c(-c6cc(O)cc7ccccc67)c(F)c5n4)CC3)CC2)cc1. The summed E-state index contributed by atoms with van der Waals surface area (Å²) in [6, 6.07) is 19.1. The zero-order valence-electron chi connectivity index (χ0n) is 51.3. The second kappa shape index (κ2) is 26.9. The Bertz CT molecular complexity index is 3450. The predicted octanol–water partition coefficient (Wildman–Crippen LogP) is 8.39. The molecular weight excluding hydrogens is 1150 g/mol. The van der Waals surface area contributed by atoms with E-state index in [1.54, 1.807) is 42.2 Å². The van der Waals surface area contributed by atoms with Gasteiger partial charge in [-0.1, -0.05) is 60.1 Å². The molecule has 0 saturated carbocycles. The number of hydrogen-bond donors (Lipinski definition) is 4. The molecule has 4 aromatic carbocycles. The minimum absolute atomic E-state index is 0.0238. The number of aryl methyl sites for hydroxylation is 1. The highest BCUT2D eigenvalue weighted by Crippen LogP contribution is 2.43. The van der Waals surface area contributed by atoms with Gasteiger partial charge in [-0.05, 0) is 139 Å². The van der Waals surface area contributed by atoms with E-state index in [9.17, 15) is 29.4 Å². The average molecular weight is 1230 g/mol. The summed E-state index contributed by atoms with van der Waals surface area (Å²) in [6.45, 7) is 23.5. The number of piperidine rings is 1. The third-order valence-electron chi connectivity index (χ3n) is 17.6. The van der Waals surface area contributed by atoms with Crippen LogP contribution >= 0.6 is 22.9 Å². The molecule has 10 rings (SSSR count). The van der Waals surface area contributed by atoms with E-state index in [2.05, 4.69) is 42.5 Å². The molecule has 6 aromatic rings. The van der Waals surface area contributed by atoms with E-state index in [1.807, 2.05) is 88.4 Å². The molecule has 0 aliphatic carbocycles. The first-order chi connectivity index (χ1) is 41.5. The first-order valence-electron chi connectivity index (χ1n) is 30.5. The number of aromatic hydroxyl groups is 1. The number of carbonyl (C=O) groups is 4. The maximum atomic E-state index is 17.3. The molecule has 87 heavy (non-hydrogen) atoms. The number of phenolic OH excluding ortho intramolecular Hbond substituents is 1. The number of piperazine rings is 2. The molecular formula is C65H83ClFN11O8S. The molecule has 22 heteroatoms. The number of thiazole rings is 1. The lowest BCUT2D eigenvalue weighted by Gasteiger charge is -2.39. The van der Waals surface area contributed by atoms with Crippen molar-refractivity contribution in [1.82, 2.24) is 50.1 Å². The van der Waals surface area contributed by atoms with Crippen LogP contribution in [-0.2, 0) is 25.5 Å². The van der Waals surface area contributed by atoms with Crippen LogP contribution in [0.1, 0.15) is 79.0 Å². The van der Waals surface area contributed by atoms with E-state index in [1.165, 1.54) is 11.0 Å². The largest absolute Gasteiger partial charge is 0.508 e. The third-order valence-corrected chi connectivity index (χ3v) is 18.9. The van der Waals surface area contributed by atoms with E-state index in [0.29, 0.717) is 73.8 Å². The summed E-state index contributed by atoms with van der Waals surface area (Å²) in [5.74, 6) is -0.499. The number of fused-ring (bicyclic) bond motifs is 2. The van der Waals surface area contributed by atoms with E-state index in [4.69, 9.17) is 31.0 Å². The molecule has 4 fully saturated rings. The summed E-state index contributed by atoms with van der Waals surface area (Å²) in [5.41, 5.74) is 3.88. The highest BCUT2D eigenvalue weighted by molar-refractivity contribution is 7.13. The molecule has 4 saturated heterocycles. The molecule has 4 N–H and O–H groups in total. The van der Waals surface area contributed by atoms with Gasteiger partial charge in [0.25, 0.3) is 0 Å². The number of ether oxygens (including phenoxy) is 2. The normalized spacial score (nSPS) is 19.4. The van der Waals surface area contributed by atoms with Crippen LogP contribution < -0.4 is 20.3 Å². The predicted molar refractivity (Wildman–Crippen MR) is 338 cm³/mol. The van der Waals surface area contributed by atoms with Gasteiger partial charge < -0.3 is 49.9 Å². The van der Waals surface area contributed by atoms with Gasteiger partial charge in [0.2, 0.25) is 17.7 Å². The molecule has 6 heterocycles. The Balaban J connectivity index is 0.686. The first kappa shape index (κ1) is 63.3. The van der Waals surface area contributed by atoms with Crippen LogP contribution in [-0.4, -0.2) is 202 Å². The molecule has 0 radical (unpaired) electrons. The Morgan fingerprint density at radius 3 is 2.25 bits per heavy atom. The second-order valence-corrected chi connectivity index (χ2v) is 26.8. The summed E-state index contributed by atoms with van der Waals surface area (Å²) in [7, 11) is 0. The van der Waals surface area contributed by atoms with E-state index >= 15 is 4.39 Å². The number of amides is 4. The van der Waals surface area contributed by atoms with Gasteiger partial charge in [0.05, 0.1) is 39.2 Å². The van der Waals surface area contributed by atoms with Crippen molar-refractivity contribution in [2.24, 2.45) is 11.3 Å². The third kappa shape index (κ3) is 15.1. The van der Waals surface area contributed by atoms with E-state index in [-0.39, 0.29) is 71.2 Å². The van der Waals surface area contributed by atoms with Crippen molar-refractivity contribution in [3.63, 3.8) is 0 Å². The van der Waals surface area contributed by atoms with Gasteiger partial charge in [0.15, 0.2) is 5.82 Å². The Labute approximate surface area is 518 Å². The Morgan fingerprint density at radius 1 is 0.862 bits per heavy atom. The van der Waals surface area contributed by atoms with Gasteiger partial charge in [-0.25, -0.2) is 14.2 Å². The van der Waals surface area contributed by atoms with Crippen LogP contribution in [0.2, 0.25) is 5.02 Å². The molecule has 466 valence electrons. The average Bonchev–Trinajstić information content (AvgIpc) is 1.83. The lowest BCUT2D eigenvalue weighted by atomic mass is 9.83. The second-order valence-electron chi connectivity index (χ2n) is 25.6. The molecule has 4 aliphatic rings. The molecule has 4 aliphatic heterocycles. The molecule has 0 unspecified atom stereocenters. The van der Waals surface area contributed by atoms with Crippen LogP contribution in [0.5, 0.6) is 11.8 Å². The summed E-state index contributed by atoms with van der Waals surface area (Å²) in [5, 5.41) is 29.5. The topological polar surface area (TPSA) is 209 Å². The lowest BCUT2D eigenvalue weighted by Crippen LogP contribution is -2.57. The quantitative estimate of drug-likeness (QED) is 0.0637. The fourth-order valence-electron chi connectivity index (χ4n) is 12.4. The van der Waals surface area contributed by atoms with E-state index < -0.39 is 41.1 Å².